The minimum absolute atomic E-state index is 0.416. The maximum atomic E-state index is 13.5. The third-order valence-electron chi connectivity index (χ3n) is 7.08. The molecule has 5 rings (SSSR count). The average Bonchev–Trinajstić information content (AvgIpc) is 3.45. The van der Waals surface area contributed by atoms with Crippen LogP contribution in [0.15, 0.2) is 96.2 Å². The minimum atomic E-state index is -0.541. The zero-order chi connectivity index (χ0) is 31.1. The summed E-state index contributed by atoms with van der Waals surface area (Å²) in [5.41, 5.74) is 5.76. The van der Waals surface area contributed by atoms with Crippen LogP contribution in [0.2, 0.25) is 5.02 Å². The molecule has 10 heteroatoms. The Hall–Kier alpha value is -4.47. The lowest BCUT2D eigenvalue weighted by atomic mass is 10.0. The van der Waals surface area contributed by atoms with Gasteiger partial charge in [0.1, 0.15) is 11.5 Å². The average molecular weight is 628 g/mol. The molecule has 0 aliphatic carbocycles. The van der Waals surface area contributed by atoms with Gasteiger partial charge in [-0.1, -0.05) is 89.6 Å². The molecule has 8 nitrogen and oxygen atoms in total. The van der Waals surface area contributed by atoms with Crippen LogP contribution in [0.5, 0.6) is 11.5 Å². The number of rotatable bonds is 11. The number of carbonyl (C=O) groups is 1. The lowest BCUT2D eigenvalue weighted by molar-refractivity contribution is 0.247. The monoisotopic (exact) mass is 627 g/mol. The summed E-state index contributed by atoms with van der Waals surface area (Å²) in [6, 6.07) is 28.4. The van der Waals surface area contributed by atoms with Crippen LogP contribution in [0.4, 0.5) is 10.5 Å². The summed E-state index contributed by atoms with van der Waals surface area (Å²) < 4.78 is 12.8. The highest BCUT2D eigenvalue weighted by Crippen LogP contribution is 2.33. The van der Waals surface area contributed by atoms with E-state index in [-0.39, 0.29) is 0 Å². The Kier molecular flexibility index (Phi) is 10.1. The summed E-state index contributed by atoms with van der Waals surface area (Å²) in [6.45, 7) is 4.10. The number of nitrogens with zero attached hydrogens (tertiary/aromatic N) is 3. The third kappa shape index (κ3) is 7.53. The minimum Gasteiger partial charge on any atom is -0.497 e. The van der Waals surface area contributed by atoms with Crippen LogP contribution in [0.25, 0.3) is 5.69 Å². The fourth-order valence-electron chi connectivity index (χ4n) is 4.88. The largest absolute Gasteiger partial charge is 0.497 e. The van der Waals surface area contributed by atoms with E-state index in [0.29, 0.717) is 45.4 Å². The number of ether oxygens (including phenoxy) is 2. The molecule has 1 heterocycles. The Labute approximate surface area is 266 Å². The zero-order valence-corrected chi connectivity index (χ0v) is 26.6. The molecule has 44 heavy (non-hydrogen) atoms. The zero-order valence-electron chi connectivity index (χ0n) is 25.0. The van der Waals surface area contributed by atoms with E-state index in [1.54, 1.807) is 44.2 Å². The molecule has 4 aromatic carbocycles. The first-order valence-electron chi connectivity index (χ1n) is 14.1. The van der Waals surface area contributed by atoms with E-state index < -0.39 is 12.1 Å². The van der Waals surface area contributed by atoms with Crippen LogP contribution >= 0.6 is 23.4 Å². The van der Waals surface area contributed by atoms with Crippen LogP contribution in [0, 0.1) is 13.8 Å². The van der Waals surface area contributed by atoms with Crippen molar-refractivity contribution in [3.05, 3.63) is 124 Å². The van der Waals surface area contributed by atoms with Gasteiger partial charge in [-0.3, -0.25) is 4.57 Å². The first kappa shape index (κ1) is 31.0. The van der Waals surface area contributed by atoms with Crippen molar-refractivity contribution < 1.29 is 14.3 Å². The van der Waals surface area contributed by atoms with Gasteiger partial charge in [-0.15, -0.1) is 10.2 Å². The summed E-state index contributed by atoms with van der Waals surface area (Å²) in [7, 11) is 3.12. The normalized spacial score (nSPS) is 11.6. The van der Waals surface area contributed by atoms with Gasteiger partial charge >= 0.3 is 6.03 Å². The van der Waals surface area contributed by atoms with Crippen LogP contribution in [-0.2, 0) is 12.2 Å². The number of amides is 2. The fourth-order valence-corrected chi connectivity index (χ4v) is 5.94. The predicted octanol–water partition coefficient (Wildman–Crippen LogP) is 7.95. The van der Waals surface area contributed by atoms with Crippen molar-refractivity contribution in [2.75, 3.05) is 19.5 Å². The van der Waals surface area contributed by atoms with Gasteiger partial charge in [0.05, 0.1) is 31.6 Å². The predicted molar refractivity (Wildman–Crippen MR) is 176 cm³/mol. The summed E-state index contributed by atoms with van der Waals surface area (Å²) in [6.07, 6.45) is 0.480. The SMILES string of the molecule is COc1ccc(NC(=O)NC(Cc2ccccc2)c2nnc(SCc3cccc(C)c3)n2-c2cc(Cl)ccc2C)c(OC)c1. The number of hydrogen-bond donors (Lipinski definition) is 2. The van der Waals surface area contributed by atoms with Crippen molar-refractivity contribution in [2.24, 2.45) is 0 Å². The molecular formula is C34H34ClN5O3S. The van der Waals surface area contributed by atoms with E-state index in [2.05, 4.69) is 52.0 Å². The molecule has 2 N–H and O–H groups in total. The Morgan fingerprint density at radius 2 is 1.70 bits per heavy atom. The highest BCUT2D eigenvalue weighted by atomic mass is 35.5. The number of halogens is 1. The molecule has 2 amide bonds. The van der Waals surface area contributed by atoms with E-state index in [1.807, 2.05) is 60.0 Å². The van der Waals surface area contributed by atoms with Crippen LogP contribution in [0.3, 0.4) is 0 Å². The van der Waals surface area contributed by atoms with Crippen molar-refractivity contribution >= 4 is 35.1 Å². The standard InChI is InChI=1S/C34H34ClN5O3S/c1-22-9-8-12-25(17-22)21-44-34-39-38-32(40(34)30-19-26(35)14-13-23(30)2)29(18-24-10-6-5-7-11-24)37-33(41)36-28-16-15-27(42-3)20-31(28)43-4/h5-17,19-20,29H,18,21H2,1-4H3,(H2,36,37,41). The van der Waals surface area contributed by atoms with E-state index in [9.17, 15) is 4.79 Å². The molecule has 0 saturated heterocycles. The maximum Gasteiger partial charge on any atom is 0.319 e. The summed E-state index contributed by atoms with van der Waals surface area (Å²) in [5, 5.41) is 16.7. The second-order valence-electron chi connectivity index (χ2n) is 10.3. The molecule has 226 valence electrons. The number of thioether (sulfide) groups is 1. The van der Waals surface area contributed by atoms with Crippen LogP contribution < -0.4 is 20.1 Å². The molecule has 1 unspecified atom stereocenters. The molecular weight excluding hydrogens is 594 g/mol. The van der Waals surface area contributed by atoms with Gasteiger partial charge in [-0.05, 0) is 54.8 Å². The van der Waals surface area contributed by atoms with Crippen molar-refractivity contribution in [3.63, 3.8) is 0 Å². The Bertz CT molecular complexity index is 1740. The highest BCUT2D eigenvalue weighted by Gasteiger charge is 2.26. The molecule has 5 aromatic rings. The summed E-state index contributed by atoms with van der Waals surface area (Å²) in [4.78, 5) is 13.5. The van der Waals surface area contributed by atoms with Crippen molar-refractivity contribution in [1.82, 2.24) is 20.1 Å². The first-order valence-corrected chi connectivity index (χ1v) is 15.4. The van der Waals surface area contributed by atoms with E-state index in [1.165, 1.54) is 11.1 Å². The number of anilines is 1. The molecule has 0 aliphatic heterocycles. The highest BCUT2D eigenvalue weighted by molar-refractivity contribution is 7.98. The number of urea groups is 1. The number of carbonyl (C=O) groups excluding carboxylic acids is 1. The second-order valence-corrected chi connectivity index (χ2v) is 11.7. The molecule has 0 radical (unpaired) electrons. The molecule has 1 atom stereocenters. The third-order valence-corrected chi connectivity index (χ3v) is 8.31. The van der Waals surface area contributed by atoms with Crippen molar-refractivity contribution in [3.8, 4) is 17.2 Å². The summed E-state index contributed by atoms with van der Waals surface area (Å²) in [5.74, 6) is 2.39. The van der Waals surface area contributed by atoms with Gasteiger partial charge in [0, 0.05) is 23.3 Å². The fraction of sp³-hybridized carbons (Fsp3) is 0.206. The second kappa shape index (κ2) is 14.3. The number of benzene rings is 4. The van der Waals surface area contributed by atoms with Crippen LogP contribution in [0.1, 0.15) is 34.1 Å². The van der Waals surface area contributed by atoms with Crippen LogP contribution in [-0.4, -0.2) is 35.0 Å². The Morgan fingerprint density at radius 3 is 2.45 bits per heavy atom. The topological polar surface area (TPSA) is 90.3 Å². The molecule has 0 fully saturated rings. The van der Waals surface area contributed by atoms with Gasteiger partial charge in [-0.25, -0.2) is 4.79 Å². The number of aromatic nitrogens is 3. The lowest BCUT2D eigenvalue weighted by Crippen LogP contribution is -2.35. The Balaban J connectivity index is 1.53. The maximum absolute atomic E-state index is 13.5. The summed E-state index contributed by atoms with van der Waals surface area (Å²) >= 11 is 8.08. The van der Waals surface area contributed by atoms with Gasteiger partial charge < -0.3 is 20.1 Å². The number of hydrogen-bond acceptors (Lipinski definition) is 6. The van der Waals surface area contributed by atoms with Gasteiger partial charge in [0.25, 0.3) is 0 Å². The Morgan fingerprint density at radius 1 is 0.909 bits per heavy atom. The van der Waals surface area contributed by atoms with Gasteiger partial charge in [0.2, 0.25) is 0 Å². The smallest absolute Gasteiger partial charge is 0.319 e. The molecule has 0 aliphatic rings. The number of methoxy groups -OCH3 is 2. The van der Waals surface area contributed by atoms with Crippen molar-refractivity contribution in [1.29, 1.82) is 0 Å². The van der Waals surface area contributed by atoms with E-state index >= 15 is 0 Å². The molecule has 0 saturated carbocycles. The van der Waals surface area contributed by atoms with Gasteiger partial charge in [0.15, 0.2) is 11.0 Å². The van der Waals surface area contributed by atoms with Crippen molar-refractivity contribution in [2.45, 2.75) is 37.2 Å². The van der Waals surface area contributed by atoms with E-state index in [4.69, 9.17) is 21.1 Å². The molecule has 0 bridgehead atoms. The van der Waals surface area contributed by atoms with Gasteiger partial charge in [-0.2, -0.15) is 0 Å². The van der Waals surface area contributed by atoms with E-state index in [0.717, 1.165) is 16.8 Å². The number of aryl methyl sites for hydroxylation is 2. The number of nitrogens with one attached hydrogen (secondary N) is 2. The molecule has 0 spiro atoms. The first-order chi connectivity index (χ1) is 21.3. The molecule has 1 aromatic heterocycles. The lowest BCUT2D eigenvalue weighted by Gasteiger charge is -2.22. The quantitative estimate of drug-likeness (QED) is 0.144.